The third kappa shape index (κ3) is 1.48. The van der Waals surface area contributed by atoms with Gasteiger partial charge < -0.3 is 0 Å². The van der Waals surface area contributed by atoms with Crippen molar-refractivity contribution in [3.63, 3.8) is 0 Å². The lowest BCUT2D eigenvalue weighted by Crippen LogP contribution is -2.15. The molecule has 0 nitrogen and oxygen atoms in total. The van der Waals surface area contributed by atoms with Crippen LogP contribution in [0.4, 0.5) is 0 Å². The number of allylic oxidation sites excluding steroid dienone is 3. The fraction of sp³-hybridized carbons (Fsp3) is 0.667. The number of fused-ring (bicyclic) bond motifs is 1. The molecule has 0 radical (unpaired) electrons. The molecule has 2 aliphatic rings. The van der Waals surface area contributed by atoms with Crippen molar-refractivity contribution < 1.29 is 0 Å². The Hall–Kier alpha value is -0.520. The van der Waals surface area contributed by atoms with Gasteiger partial charge in [-0.1, -0.05) is 30.7 Å². The van der Waals surface area contributed by atoms with Gasteiger partial charge >= 0.3 is 0 Å². The van der Waals surface area contributed by atoms with Crippen LogP contribution in [0.5, 0.6) is 0 Å². The highest BCUT2D eigenvalue weighted by Gasteiger charge is 2.25. The molecule has 12 heavy (non-hydrogen) atoms. The van der Waals surface area contributed by atoms with Crippen molar-refractivity contribution in [1.29, 1.82) is 0 Å². The van der Waals surface area contributed by atoms with Gasteiger partial charge in [0.05, 0.1) is 0 Å². The maximum absolute atomic E-state index is 4.22. The summed E-state index contributed by atoms with van der Waals surface area (Å²) in [5.41, 5.74) is 1.53. The normalized spacial score (nSPS) is 35.8. The lowest BCUT2D eigenvalue weighted by molar-refractivity contribution is 0.397. The number of hydrogen-bond donors (Lipinski definition) is 0. The molecule has 66 valence electrons. The summed E-state index contributed by atoms with van der Waals surface area (Å²) in [7, 11) is 0. The predicted molar refractivity (Wildman–Crippen MR) is 53.0 cm³/mol. The molecule has 0 heterocycles. The van der Waals surface area contributed by atoms with E-state index in [1.165, 1.54) is 44.1 Å². The first-order chi connectivity index (χ1) is 5.88. The Morgan fingerprint density at radius 3 is 3.08 bits per heavy atom. The van der Waals surface area contributed by atoms with Gasteiger partial charge in [0.1, 0.15) is 0 Å². The zero-order chi connectivity index (χ0) is 8.39. The number of rotatable bonds is 0. The van der Waals surface area contributed by atoms with Crippen LogP contribution >= 0.6 is 0 Å². The molecule has 0 amide bonds. The van der Waals surface area contributed by atoms with Crippen molar-refractivity contribution in [3.8, 4) is 0 Å². The summed E-state index contributed by atoms with van der Waals surface area (Å²) >= 11 is 0. The van der Waals surface area contributed by atoms with Crippen LogP contribution in [0, 0.1) is 11.8 Å². The molecule has 0 aromatic carbocycles. The maximum atomic E-state index is 4.22. The zero-order valence-electron chi connectivity index (χ0n) is 7.76. The highest BCUT2D eigenvalue weighted by atomic mass is 14.3. The van der Waals surface area contributed by atoms with Crippen LogP contribution in [0.3, 0.4) is 0 Å². The smallest absolute Gasteiger partial charge is 0.0140 e. The van der Waals surface area contributed by atoms with Crippen molar-refractivity contribution in [3.05, 3.63) is 24.3 Å². The van der Waals surface area contributed by atoms with Crippen molar-refractivity contribution in [2.75, 3.05) is 0 Å². The monoisotopic (exact) mass is 162 g/mol. The molecular weight excluding hydrogens is 144 g/mol. The minimum Gasteiger partial charge on any atom is -0.0996 e. The van der Waals surface area contributed by atoms with Crippen LogP contribution in [0.25, 0.3) is 0 Å². The summed E-state index contributed by atoms with van der Waals surface area (Å²) in [6, 6.07) is 0. The van der Waals surface area contributed by atoms with E-state index in [2.05, 4.69) is 18.7 Å². The Morgan fingerprint density at radius 1 is 1.25 bits per heavy atom. The van der Waals surface area contributed by atoms with Crippen molar-refractivity contribution in [2.24, 2.45) is 11.8 Å². The van der Waals surface area contributed by atoms with Gasteiger partial charge in [-0.15, -0.1) is 0 Å². The quantitative estimate of drug-likeness (QED) is 0.476. The van der Waals surface area contributed by atoms with E-state index in [1.54, 1.807) is 0 Å². The highest BCUT2D eigenvalue weighted by molar-refractivity contribution is 5.12. The minimum atomic E-state index is 0.831. The lowest BCUT2D eigenvalue weighted by Gasteiger charge is -2.26. The molecule has 0 spiro atoms. The lowest BCUT2D eigenvalue weighted by atomic mass is 9.79. The Balaban J connectivity index is 2.14. The van der Waals surface area contributed by atoms with E-state index in [9.17, 15) is 0 Å². The van der Waals surface area contributed by atoms with Crippen LogP contribution in [0.1, 0.15) is 38.5 Å². The van der Waals surface area contributed by atoms with E-state index >= 15 is 0 Å². The fourth-order valence-corrected chi connectivity index (χ4v) is 2.62. The minimum absolute atomic E-state index is 0.831. The fourth-order valence-electron chi connectivity index (χ4n) is 2.62. The summed E-state index contributed by atoms with van der Waals surface area (Å²) in [6.07, 6.45) is 12.9. The molecule has 0 heteroatoms. The third-order valence-electron chi connectivity index (χ3n) is 3.35. The van der Waals surface area contributed by atoms with Gasteiger partial charge in [0.25, 0.3) is 0 Å². The van der Waals surface area contributed by atoms with Crippen LogP contribution in [-0.2, 0) is 0 Å². The molecule has 2 aliphatic carbocycles. The largest absolute Gasteiger partial charge is 0.0996 e. The molecule has 0 saturated heterocycles. The molecule has 0 aromatic rings. The summed E-state index contributed by atoms with van der Waals surface area (Å²) in [5.74, 6) is 1.67. The van der Waals surface area contributed by atoms with Crippen molar-refractivity contribution in [1.82, 2.24) is 0 Å². The summed E-state index contributed by atoms with van der Waals surface area (Å²) in [5, 5.41) is 0. The van der Waals surface area contributed by atoms with Crippen molar-refractivity contribution >= 4 is 0 Å². The summed E-state index contributed by atoms with van der Waals surface area (Å²) < 4.78 is 0. The molecule has 2 unspecified atom stereocenters. The molecular formula is C12H18. The Morgan fingerprint density at radius 2 is 2.17 bits per heavy atom. The predicted octanol–water partition coefficient (Wildman–Crippen LogP) is 3.70. The molecule has 1 saturated carbocycles. The molecule has 2 rings (SSSR count). The van der Waals surface area contributed by atoms with Gasteiger partial charge in [-0.25, -0.2) is 0 Å². The highest BCUT2D eigenvalue weighted by Crippen LogP contribution is 2.38. The molecule has 0 bridgehead atoms. The third-order valence-corrected chi connectivity index (χ3v) is 3.35. The van der Waals surface area contributed by atoms with E-state index < -0.39 is 0 Å². The SMILES string of the molecule is C=C1CCCCC2C=CCCC12. The van der Waals surface area contributed by atoms with Gasteiger partial charge in [-0.3, -0.25) is 0 Å². The first-order valence-corrected chi connectivity index (χ1v) is 5.22. The van der Waals surface area contributed by atoms with Gasteiger partial charge in [-0.2, -0.15) is 0 Å². The van der Waals surface area contributed by atoms with Crippen LogP contribution in [0.15, 0.2) is 24.3 Å². The van der Waals surface area contributed by atoms with E-state index in [0.717, 1.165) is 11.8 Å². The molecule has 0 N–H and O–H groups in total. The molecule has 1 fully saturated rings. The van der Waals surface area contributed by atoms with Gasteiger partial charge in [-0.05, 0) is 43.9 Å². The van der Waals surface area contributed by atoms with Crippen molar-refractivity contribution in [2.45, 2.75) is 38.5 Å². The zero-order valence-corrected chi connectivity index (χ0v) is 7.76. The van der Waals surface area contributed by atoms with Crippen LogP contribution in [-0.4, -0.2) is 0 Å². The molecule has 0 aromatic heterocycles. The Labute approximate surface area is 75.4 Å². The van der Waals surface area contributed by atoms with E-state index in [-0.39, 0.29) is 0 Å². The molecule has 0 aliphatic heterocycles. The second-order valence-corrected chi connectivity index (χ2v) is 4.18. The van der Waals surface area contributed by atoms with Gasteiger partial charge in [0.2, 0.25) is 0 Å². The maximum Gasteiger partial charge on any atom is -0.0140 e. The second-order valence-electron chi connectivity index (χ2n) is 4.18. The first kappa shape index (κ1) is 8.10. The standard InChI is InChI=1S/C12H18/c1-10-6-2-3-7-11-8-4-5-9-12(10)11/h4,8,11-12H,1-3,5-7,9H2. The molecule has 2 atom stereocenters. The van der Waals surface area contributed by atoms with E-state index in [4.69, 9.17) is 0 Å². The second kappa shape index (κ2) is 3.47. The van der Waals surface area contributed by atoms with E-state index in [0.29, 0.717) is 0 Å². The average molecular weight is 162 g/mol. The summed E-state index contributed by atoms with van der Waals surface area (Å²) in [4.78, 5) is 0. The summed E-state index contributed by atoms with van der Waals surface area (Å²) in [6.45, 7) is 4.22. The van der Waals surface area contributed by atoms with Crippen LogP contribution < -0.4 is 0 Å². The van der Waals surface area contributed by atoms with Crippen LogP contribution in [0.2, 0.25) is 0 Å². The average Bonchev–Trinajstić information content (AvgIpc) is 2.29. The van der Waals surface area contributed by atoms with Gasteiger partial charge in [0.15, 0.2) is 0 Å². The Kier molecular flexibility index (Phi) is 2.34. The Bertz CT molecular complexity index is 200. The first-order valence-electron chi connectivity index (χ1n) is 5.22. The topological polar surface area (TPSA) is 0 Å². The van der Waals surface area contributed by atoms with Gasteiger partial charge in [0, 0.05) is 0 Å². The van der Waals surface area contributed by atoms with E-state index in [1.807, 2.05) is 0 Å². The number of hydrogen-bond acceptors (Lipinski definition) is 0.